The fourth-order valence-electron chi connectivity index (χ4n) is 2.14. The predicted octanol–water partition coefficient (Wildman–Crippen LogP) is 2.03. The summed E-state index contributed by atoms with van der Waals surface area (Å²) in [5.74, 6) is 0.794. The molecule has 1 amide bonds. The first kappa shape index (κ1) is 13.6. The Balaban J connectivity index is 2.00. The van der Waals surface area contributed by atoms with Gasteiger partial charge in [0.05, 0.1) is 5.02 Å². The normalized spacial score (nSPS) is 18.2. The molecule has 19 heavy (non-hydrogen) atoms. The molecule has 1 aliphatic heterocycles. The van der Waals surface area contributed by atoms with Crippen LogP contribution in [0, 0.1) is 11.3 Å². The van der Waals surface area contributed by atoms with E-state index in [4.69, 9.17) is 16.9 Å². The van der Waals surface area contributed by atoms with Crippen molar-refractivity contribution >= 4 is 23.3 Å². The maximum Gasteiger partial charge on any atom is 0.222 e. The van der Waals surface area contributed by atoms with Gasteiger partial charge in [-0.3, -0.25) is 4.79 Å². The van der Waals surface area contributed by atoms with Crippen LogP contribution in [-0.4, -0.2) is 34.9 Å². The van der Waals surface area contributed by atoms with E-state index in [1.807, 2.05) is 17.9 Å². The fraction of sp³-hybridized carbons (Fsp3) is 0.462. The SMILES string of the molecule is CCC(=O)N1CCC(Nc2ccc(Cl)c(C#N)n2)C1. The minimum atomic E-state index is 0.172. The van der Waals surface area contributed by atoms with Gasteiger partial charge >= 0.3 is 0 Å². The van der Waals surface area contributed by atoms with Crippen LogP contribution >= 0.6 is 11.6 Å². The molecule has 1 unspecified atom stereocenters. The molecule has 1 aromatic heterocycles. The second kappa shape index (κ2) is 5.89. The highest BCUT2D eigenvalue weighted by molar-refractivity contribution is 6.31. The van der Waals surface area contributed by atoms with Crippen LogP contribution in [0.2, 0.25) is 5.02 Å². The van der Waals surface area contributed by atoms with E-state index in [9.17, 15) is 4.79 Å². The molecule has 1 saturated heterocycles. The van der Waals surface area contributed by atoms with Crippen LogP contribution in [0.15, 0.2) is 12.1 Å². The number of pyridine rings is 1. The number of nitrogens with zero attached hydrogens (tertiary/aromatic N) is 3. The zero-order valence-electron chi connectivity index (χ0n) is 10.7. The zero-order valence-corrected chi connectivity index (χ0v) is 11.4. The molecule has 1 aromatic rings. The molecule has 5 nitrogen and oxygen atoms in total. The van der Waals surface area contributed by atoms with E-state index >= 15 is 0 Å². The van der Waals surface area contributed by atoms with Gasteiger partial charge in [0.15, 0.2) is 5.69 Å². The molecule has 0 saturated carbocycles. The molecule has 1 atom stereocenters. The summed E-state index contributed by atoms with van der Waals surface area (Å²) in [7, 11) is 0. The van der Waals surface area contributed by atoms with Gasteiger partial charge in [0, 0.05) is 25.6 Å². The Morgan fingerprint density at radius 1 is 1.68 bits per heavy atom. The summed E-state index contributed by atoms with van der Waals surface area (Å²) in [5.41, 5.74) is 0.214. The second-order valence-corrected chi connectivity index (χ2v) is 4.87. The third-order valence-electron chi connectivity index (χ3n) is 3.15. The number of likely N-dealkylation sites (tertiary alicyclic amines) is 1. The first-order valence-corrected chi connectivity index (χ1v) is 6.62. The minimum absolute atomic E-state index is 0.172. The maximum atomic E-state index is 11.6. The molecule has 6 heteroatoms. The number of hydrogen-bond donors (Lipinski definition) is 1. The van der Waals surface area contributed by atoms with E-state index in [2.05, 4.69) is 10.3 Å². The van der Waals surface area contributed by atoms with E-state index < -0.39 is 0 Å². The molecule has 0 aromatic carbocycles. The average molecular weight is 279 g/mol. The lowest BCUT2D eigenvalue weighted by atomic mass is 10.2. The number of carbonyl (C=O) groups excluding carboxylic acids is 1. The van der Waals surface area contributed by atoms with Crippen LogP contribution < -0.4 is 5.32 Å². The highest BCUT2D eigenvalue weighted by atomic mass is 35.5. The van der Waals surface area contributed by atoms with Crippen molar-refractivity contribution in [3.63, 3.8) is 0 Å². The van der Waals surface area contributed by atoms with Crippen molar-refractivity contribution in [2.45, 2.75) is 25.8 Å². The number of anilines is 1. The van der Waals surface area contributed by atoms with Crippen molar-refractivity contribution in [3.8, 4) is 6.07 Å². The molecule has 2 heterocycles. The van der Waals surface area contributed by atoms with Crippen molar-refractivity contribution in [1.29, 1.82) is 5.26 Å². The van der Waals surface area contributed by atoms with E-state index in [1.165, 1.54) is 0 Å². The number of aromatic nitrogens is 1. The van der Waals surface area contributed by atoms with Crippen LogP contribution in [0.5, 0.6) is 0 Å². The molecule has 0 bridgehead atoms. The van der Waals surface area contributed by atoms with Gasteiger partial charge in [-0.25, -0.2) is 4.98 Å². The first-order chi connectivity index (χ1) is 9.13. The van der Waals surface area contributed by atoms with Gasteiger partial charge in [-0.2, -0.15) is 5.26 Å². The van der Waals surface area contributed by atoms with Crippen molar-refractivity contribution in [2.24, 2.45) is 0 Å². The van der Waals surface area contributed by atoms with Crippen molar-refractivity contribution < 1.29 is 4.79 Å². The van der Waals surface area contributed by atoms with Crippen molar-refractivity contribution in [2.75, 3.05) is 18.4 Å². The summed E-state index contributed by atoms with van der Waals surface area (Å²) in [6.45, 7) is 3.31. The third kappa shape index (κ3) is 3.15. The Kier molecular flexibility index (Phi) is 4.23. The lowest BCUT2D eigenvalue weighted by Gasteiger charge is -2.16. The lowest BCUT2D eigenvalue weighted by Crippen LogP contribution is -2.31. The number of nitriles is 1. The molecule has 100 valence electrons. The number of hydrogen-bond acceptors (Lipinski definition) is 4. The quantitative estimate of drug-likeness (QED) is 0.918. The van der Waals surface area contributed by atoms with Gasteiger partial charge in [0.25, 0.3) is 0 Å². The van der Waals surface area contributed by atoms with Gasteiger partial charge in [-0.05, 0) is 18.6 Å². The number of carbonyl (C=O) groups is 1. The molecular formula is C13H15ClN4O. The van der Waals surface area contributed by atoms with Gasteiger partial charge in [0.2, 0.25) is 5.91 Å². The second-order valence-electron chi connectivity index (χ2n) is 4.46. The number of nitrogens with one attached hydrogen (secondary N) is 1. The van der Waals surface area contributed by atoms with Gasteiger partial charge < -0.3 is 10.2 Å². The Hall–Kier alpha value is -1.80. The monoisotopic (exact) mass is 278 g/mol. The van der Waals surface area contributed by atoms with E-state index in [0.717, 1.165) is 13.0 Å². The van der Waals surface area contributed by atoms with Gasteiger partial charge in [-0.1, -0.05) is 18.5 Å². The summed E-state index contributed by atoms with van der Waals surface area (Å²) in [5, 5.41) is 12.5. The smallest absolute Gasteiger partial charge is 0.222 e. The average Bonchev–Trinajstić information content (AvgIpc) is 2.88. The standard InChI is InChI=1S/C13H15ClN4O/c1-2-13(19)18-6-5-9(8-18)16-12-4-3-10(14)11(7-15)17-12/h3-4,9H,2,5-6,8H2,1H3,(H,16,17). The summed E-state index contributed by atoms with van der Waals surface area (Å²) in [6.07, 6.45) is 1.42. The fourth-order valence-corrected chi connectivity index (χ4v) is 2.29. The minimum Gasteiger partial charge on any atom is -0.365 e. The van der Waals surface area contributed by atoms with E-state index in [0.29, 0.717) is 23.8 Å². The number of rotatable bonds is 3. The molecule has 1 aliphatic rings. The first-order valence-electron chi connectivity index (χ1n) is 6.25. The Morgan fingerprint density at radius 2 is 2.47 bits per heavy atom. The van der Waals surface area contributed by atoms with E-state index in [1.54, 1.807) is 12.1 Å². The largest absolute Gasteiger partial charge is 0.365 e. The summed E-state index contributed by atoms with van der Waals surface area (Å²) < 4.78 is 0. The van der Waals surface area contributed by atoms with Crippen LogP contribution in [0.3, 0.4) is 0 Å². The van der Waals surface area contributed by atoms with Crippen LogP contribution in [0.1, 0.15) is 25.5 Å². The summed E-state index contributed by atoms with van der Waals surface area (Å²) in [6, 6.07) is 5.52. The van der Waals surface area contributed by atoms with Crippen molar-refractivity contribution in [3.05, 3.63) is 22.8 Å². The molecule has 1 fully saturated rings. The Bertz CT molecular complexity index is 526. The molecule has 0 spiro atoms. The number of amides is 1. The highest BCUT2D eigenvalue weighted by Crippen LogP contribution is 2.19. The van der Waals surface area contributed by atoms with Crippen LogP contribution in [-0.2, 0) is 4.79 Å². The molecule has 0 radical (unpaired) electrons. The zero-order chi connectivity index (χ0) is 13.8. The summed E-state index contributed by atoms with van der Waals surface area (Å²) >= 11 is 5.83. The lowest BCUT2D eigenvalue weighted by molar-refractivity contribution is -0.129. The van der Waals surface area contributed by atoms with Crippen LogP contribution in [0.4, 0.5) is 5.82 Å². The molecule has 2 rings (SSSR count). The molecule has 0 aliphatic carbocycles. The van der Waals surface area contributed by atoms with Crippen LogP contribution in [0.25, 0.3) is 0 Å². The van der Waals surface area contributed by atoms with Crippen molar-refractivity contribution in [1.82, 2.24) is 9.88 Å². The molecular weight excluding hydrogens is 264 g/mol. The highest BCUT2D eigenvalue weighted by Gasteiger charge is 2.25. The van der Waals surface area contributed by atoms with E-state index in [-0.39, 0.29) is 17.6 Å². The summed E-state index contributed by atoms with van der Waals surface area (Å²) in [4.78, 5) is 17.6. The third-order valence-corrected chi connectivity index (χ3v) is 3.45. The Labute approximate surface area is 117 Å². The van der Waals surface area contributed by atoms with Gasteiger partial charge in [-0.15, -0.1) is 0 Å². The van der Waals surface area contributed by atoms with Gasteiger partial charge in [0.1, 0.15) is 11.9 Å². The Morgan fingerprint density at radius 3 is 3.16 bits per heavy atom. The predicted molar refractivity (Wildman–Crippen MR) is 72.9 cm³/mol. The number of halogens is 1. The topological polar surface area (TPSA) is 69.0 Å². The maximum absolute atomic E-state index is 11.6. The molecule has 1 N–H and O–H groups in total.